The summed E-state index contributed by atoms with van der Waals surface area (Å²) in [6.45, 7) is 6.03. The minimum Gasteiger partial charge on any atom is -0.305 e. The molecule has 3 heterocycles. The Morgan fingerprint density at radius 2 is 1.85 bits per heavy atom. The molecule has 0 atom stereocenters. The third kappa shape index (κ3) is 3.82. The van der Waals surface area contributed by atoms with Gasteiger partial charge in [0, 0.05) is 36.8 Å². The largest absolute Gasteiger partial charge is 0.305 e. The minimum absolute atomic E-state index is 0.244. The van der Waals surface area contributed by atoms with Gasteiger partial charge in [-0.1, -0.05) is 30.3 Å². The Kier molecular flexibility index (Phi) is 5.30. The SMILES string of the molecule is CC(C)N1C(=O)c2ccc(C(=O)Nc3n[nH]c4c3CCN(Cc3ccccc3)C4)cc2C1=O. The number of nitrogens with one attached hydrogen (secondary N) is 2. The normalized spacial score (nSPS) is 15.7. The summed E-state index contributed by atoms with van der Waals surface area (Å²) in [7, 11) is 0. The molecule has 1 aromatic heterocycles. The number of hydrogen-bond acceptors (Lipinski definition) is 5. The van der Waals surface area contributed by atoms with Crippen LogP contribution in [0.4, 0.5) is 5.82 Å². The van der Waals surface area contributed by atoms with E-state index in [2.05, 4.69) is 32.5 Å². The van der Waals surface area contributed by atoms with Gasteiger partial charge >= 0.3 is 0 Å². The number of aromatic nitrogens is 2. The van der Waals surface area contributed by atoms with Gasteiger partial charge in [-0.2, -0.15) is 5.10 Å². The molecule has 5 rings (SSSR count). The molecule has 2 N–H and O–H groups in total. The predicted octanol–water partition coefficient (Wildman–Crippen LogP) is 3.22. The van der Waals surface area contributed by atoms with Crippen LogP contribution < -0.4 is 5.32 Å². The number of amides is 3. The first-order valence-electron chi connectivity index (χ1n) is 11.1. The summed E-state index contributed by atoms with van der Waals surface area (Å²) in [5.41, 5.74) is 4.18. The highest BCUT2D eigenvalue weighted by Crippen LogP contribution is 2.28. The van der Waals surface area contributed by atoms with Crippen molar-refractivity contribution in [3.63, 3.8) is 0 Å². The Morgan fingerprint density at radius 1 is 1.09 bits per heavy atom. The second kappa shape index (κ2) is 8.29. The fourth-order valence-electron chi connectivity index (χ4n) is 4.50. The average molecular weight is 444 g/mol. The van der Waals surface area contributed by atoms with Crippen LogP contribution in [0.2, 0.25) is 0 Å². The van der Waals surface area contributed by atoms with Crippen molar-refractivity contribution >= 4 is 23.5 Å². The van der Waals surface area contributed by atoms with Crippen molar-refractivity contribution in [1.82, 2.24) is 20.0 Å². The van der Waals surface area contributed by atoms with Crippen molar-refractivity contribution in [3.8, 4) is 0 Å². The van der Waals surface area contributed by atoms with Crippen LogP contribution in [0, 0.1) is 0 Å². The molecule has 0 saturated heterocycles. The maximum Gasteiger partial charge on any atom is 0.261 e. The van der Waals surface area contributed by atoms with E-state index in [1.807, 2.05) is 18.2 Å². The lowest BCUT2D eigenvalue weighted by Gasteiger charge is -2.26. The van der Waals surface area contributed by atoms with Crippen molar-refractivity contribution in [3.05, 3.63) is 82.0 Å². The van der Waals surface area contributed by atoms with E-state index >= 15 is 0 Å². The molecule has 0 bridgehead atoms. The molecule has 2 aliphatic rings. The summed E-state index contributed by atoms with van der Waals surface area (Å²) < 4.78 is 0. The van der Waals surface area contributed by atoms with Crippen molar-refractivity contribution in [2.24, 2.45) is 0 Å². The molecule has 0 fully saturated rings. The number of carbonyl (C=O) groups is 3. The topological polar surface area (TPSA) is 98.4 Å². The van der Waals surface area contributed by atoms with Gasteiger partial charge in [-0.05, 0) is 44.0 Å². The number of H-pyrrole nitrogens is 1. The van der Waals surface area contributed by atoms with E-state index in [0.29, 0.717) is 16.9 Å². The minimum atomic E-state index is -0.365. The zero-order valence-corrected chi connectivity index (χ0v) is 18.6. The molecular weight excluding hydrogens is 418 g/mol. The highest BCUT2D eigenvalue weighted by molar-refractivity contribution is 6.22. The maximum absolute atomic E-state index is 12.9. The summed E-state index contributed by atoms with van der Waals surface area (Å²) in [4.78, 5) is 41.6. The van der Waals surface area contributed by atoms with E-state index < -0.39 is 0 Å². The van der Waals surface area contributed by atoms with Crippen LogP contribution in [0.15, 0.2) is 48.5 Å². The van der Waals surface area contributed by atoms with Crippen LogP contribution in [-0.4, -0.2) is 50.3 Å². The van der Waals surface area contributed by atoms with Gasteiger partial charge in [0.25, 0.3) is 17.7 Å². The number of aromatic amines is 1. The first-order valence-corrected chi connectivity index (χ1v) is 11.1. The Hall–Kier alpha value is -3.78. The summed E-state index contributed by atoms with van der Waals surface area (Å²) in [6.07, 6.45) is 0.773. The molecule has 2 aliphatic heterocycles. The fraction of sp³-hybridized carbons (Fsp3) is 0.280. The van der Waals surface area contributed by atoms with Crippen LogP contribution in [0.25, 0.3) is 0 Å². The standard InChI is InChI=1S/C25H25N5O3/c1-15(2)30-24(32)18-9-8-17(12-20(18)25(30)33)23(31)26-22-19-10-11-29(14-21(19)27-28-22)13-16-6-4-3-5-7-16/h3-9,12,15H,10-11,13-14H2,1-2H3,(H2,26,27,28,31). The van der Waals surface area contributed by atoms with E-state index in [4.69, 9.17) is 0 Å². The summed E-state index contributed by atoms with van der Waals surface area (Å²) in [5.74, 6) is -0.531. The Balaban J connectivity index is 1.30. The number of hydrogen-bond donors (Lipinski definition) is 2. The van der Waals surface area contributed by atoms with E-state index in [1.54, 1.807) is 26.0 Å². The third-order valence-corrected chi connectivity index (χ3v) is 6.19. The lowest BCUT2D eigenvalue weighted by atomic mass is 10.0. The van der Waals surface area contributed by atoms with E-state index in [-0.39, 0.29) is 29.3 Å². The average Bonchev–Trinajstić information content (AvgIpc) is 3.32. The van der Waals surface area contributed by atoms with Gasteiger partial charge in [0.2, 0.25) is 0 Å². The number of benzene rings is 2. The van der Waals surface area contributed by atoms with Crippen LogP contribution >= 0.6 is 0 Å². The number of nitrogens with zero attached hydrogens (tertiary/aromatic N) is 3. The highest BCUT2D eigenvalue weighted by atomic mass is 16.2. The smallest absolute Gasteiger partial charge is 0.261 e. The second-order valence-corrected chi connectivity index (χ2v) is 8.76. The first-order chi connectivity index (χ1) is 15.9. The molecule has 2 aromatic carbocycles. The lowest BCUT2D eigenvalue weighted by Crippen LogP contribution is -2.35. The summed E-state index contributed by atoms with van der Waals surface area (Å²) in [5, 5.41) is 10.3. The summed E-state index contributed by atoms with van der Waals surface area (Å²) >= 11 is 0. The van der Waals surface area contributed by atoms with Crippen LogP contribution in [0.3, 0.4) is 0 Å². The van der Waals surface area contributed by atoms with Crippen molar-refractivity contribution in [2.45, 2.75) is 39.4 Å². The van der Waals surface area contributed by atoms with Crippen molar-refractivity contribution in [1.29, 1.82) is 0 Å². The maximum atomic E-state index is 12.9. The van der Waals surface area contributed by atoms with Gasteiger partial charge in [0.05, 0.1) is 16.8 Å². The van der Waals surface area contributed by atoms with Crippen molar-refractivity contribution < 1.29 is 14.4 Å². The quantitative estimate of drug-likeness (QED) is 0.590. The molecule has 0 unspecified atom stereocenters. The molecule has 168 valence electrons. The number of fused-ring (bicyclic) bond motifs is 2. The fourth-order valence-corrected chi connectivity index (χ4v) is 4.50. The lowest BCUT2D eigenvalue weighted by molar-refractivity contribution is 0.0609. The van der Waals surface area contributed by atoms with E-state index in [9.17, 15) is 14.4 Å². The molecule has 0 radical (unpaired) electrons. The van der Waals surface area contributed by atoms with Gasteiger partial charge in [0.1, 0.15) is 0 Å². The number of anilines is 1. The van der Waals surface area contributed by atoms with Crippen LogP contribution in [0.1, 0.15) is 61.7 Å². The molecule has 33 heavy (non-hydrogen) atoms. The van der Waals surface area contributed by atoms with Crippen LogP contribution in [-0.2, 0) is 19.5 Å². The van der Waals surface area contributed by atoms with E-state index in [0.717, 1.165) is 37.3 Å². The second-order valence-electron chi connectivity index (χ2n) is 8.76. The monoisotopic (exact) mass is 443 g/mol. The van der Waals surface area contributed by atoms with Gasteiger partial charge in [-0.25, -0.2) is 0 Å². The molecule has 8 nitrogen and oxygen atoms in total. The molecule has 3 amide bonds. The molecule has 3 aromatic rings. The van der Waals surface area contributed by atoms with E-state index in [1.165, 1.54) is 16.5 Å². The predicted molar refractivity (Wildman–Crippen MR) is 123 cm³/mol. The Bertz CT molecular complexity index is 1250. The van der Waals surface area contributed by atoms with Gasteiger partial charge in [0.15, 0.2) is 5.82 Å². The Labute approximate surface area is 191 Å². The van der Waals surface area contributed by atoms with Gasteiger partial charge in [-0.3, -0.25) is 29.3 Å². The summed E-state index contributed by atoms with van der Waals surface area (Å²) in [6, 6.07) is 14.7. The first kappa shape index (κ1) is 21.1. The molecule has 0 saturated carbocycles. The molecule has 8 heteroatoms. The zero-order valence-electron chi connectivity index (χ0n) is 18.6. The third-order valence-electron chi connectivity index (χ3n) is 6.19. The molecule has 0 aliphatic carbocycles. The number of carbonyl (C=O) groups excluding carboxylic acids is 3. The molecule has 0 spiro atoms. The van der Waals surface area contributed by atoms with Crippen molar-refractivity contribution in [2.75, 3.05) is 11.9 Å². The Morgan fingerprint density at radius 3 is 2.61 bits per heavy atom. The zero-order chi connectivity index (χ0) is 23.1. The highest BCUT2D eigenvalue weighted by Gasteiger charge is 2.37. The molecular formula is C25H25N5O3. The number of imide groups is 1. The van der Waals surface area contributed by atoms with Crippen LogP contribution in [0.5, 0.6) is 0 Å². The van der Waals surface area contributed by atoms with Gasteiger partial charge < -0.3 is 5.32 Å². The van der Waals surface area contributed by atoms with Gasteiger partial charge in [-0.15, -0.1) is 0 Å². The number of rotatable bonds is 5.